The maximum atomic E-state index is 11.5. The van der Waals surface area contributed by atoms with Crippen molar-refractivity contribution >= 4 is 11.6 Å². The van der Waals surface area contributed by atoms with Crippen LogP contribution < -0.4 is 15.8 Å². The van der Waals surface area contributed by atoms with Crippen LogP contribution in [-0.2, 0) is 4.79 Å². The van der Waals surface area contributed by atoms with Gasteiger partial charge in [-0.3, -0.25) is 14.9 Å². The fraction of sp³-hybridized carbons (Fsp3) is 0.500. The highest BCUT2D eigenvalue weighted by Crippen LogP contribution is 2.24. The van der Waals surface area contributed by atoms with Crippen molar-refractivity contribution in [1.29, 1.82) is 0 Å². The number of amides is 1. The molecule has 21 heavy (non-hydrogen) atoms. The first-order valence-electron chi connectivity index (χ1n) is 6.73. The fourth-order valence-corrected chi connectivity index (χ4v) is 1.91. The van der Waals surface area contributed by atoms with Crippen molar-refractivity contribution in [3.63, 3.8) is 0 Å². The van der Waals surface area contributed by atoms with E-state index in [-0.39, 0.29) is 12.3 Å². The topological polar surface area (TPSA) is 107 Å². The molecule has 0 radical (unpaired) electrons. The van der Waals surface area contributed by atoms with Gasteiger partial charge in [0.25, 0.3) is 5.69 Å². The second-order valence-corrected chi connectivity index (χ2v) is 5.03. The van der Waals surface area contributed by atoms with Crippen LogP contribution in [0.3, 0.4) is 0 Å². The SMILES string of the molecule is CCNC(C)(CCOc1cc([N+](=O)[O-])ccc1C)C(N)=O. The molecule has 0 aliphatic heterocycles. The van der Waals surface area contributed by atoms with E-state index in [0.717, 1.165) is 5.56 Å². The number of carbonyl (C=O) groups excluding carboxylic acids is 1. The van der Waals surface area contributed by atoms with E-state index in [4.69, 9.17) is 10.5 Å². The average molecular weight is 295 g/mol. The van der Waals surface area contributed by atoms with Crippen LogP contribution in [-0.4, -0.2) is 29.5 Å². The summed E-state index contributed by atoms with van der Waals surface area (Å²) in [6.07, 6.45) is 0.373. The predicted octanol–water partition coefficient (Wildman–Crippen LogP) is 1.53. The van der Waals surface area contributed by atoms with E-state index in [0.29, 0.717) is 18.7 Å². The Morgan fingerprint density at radius 2 is 2.19 bits per heavy atom. The Kier molecular flexibility index (Phi) is 5.66. The smallest absolute Gasteiger partial charge is 0.273 e. The second kappa shape index (κ2) is 7.03. The largest absolute Gasteiger partial charge is 0.493 e. The molecule has 1 aromatic rings. The van der Waals surface area contributed by atoms with Crippen molar-refractivity contribution in [2.24, 2.45) is 5.73 Å². The number of primary amides is 1. The Labute approximate surface area is 123 Å². The Hall–Kier alpha value is -2.15. The number of aryl methyl sites for hydroxylation is 1. The fourth-order valence-electron chi connectivity index (χ4n) is 1.91. The lowest BCUT2D eigenvalue weighted by atomic mass is 9.97. The summed E-state index contributed by atoms with van der Waals surface area (Å²) in [7, 11) is 0. The third kappa shape index (κ3) is 4.42. The van der Waals surface area contributed by atoms with Gasteiger partial charge in [-0.1, -0.05) is 6.92 Å². The molecule has 0 spiro atoms. The van der Waals surface area contributed by atoms with E-state index < -0.39 is 16.4 Å². The highest BCUT2D eigenvalue weighted by Gasteiger charge is 2.29. The molecular formula is C14H21N3O4. The second-order valence-electron chi connectivity index (χ2n) is 5.03. The van der Waals surface area contributed by atoms with Gasteiger partial charge >= 0.3 is 0 Å². The van der Waals surface area contributed by atoms with E-state index in [1.807, 2.05) is 6.92 Å². The number of nitrogens with one attached hydrogen (secondary N) is 1. The molecular weight excluding hydrogens is 274 g/mol. The summed E-state index contributed by atoms with van der Waals surface area (Å²) in [5, 5.41) is 13.8. The third-order valence-electron chi connectivity index (χ3n) is 3.35. The number of nitrogens with zero attached hydrogens (tertiary/aromatic N) is 1. The zero-order chi connectivity index (χ0) is 16.0. The van der Waals surface area contributed by atoms with Crippen LogP contribution in [0.5, 0.6) is 5.75 Å². The number of hydrogen-bond acceptors (Lipinski definition) is 5. The number of likely N-dealkylation sites (N-methyl/N-ethyl adjacent to an activating group) is 1. The van der Waals surface area contributed by atoms with E-state index in [1.54, 1.807) is 19.9 Å². The van der Waals surface area contributed by atoms with Crippen LogP contribution in [0.25, 0.3) is 0 Å². The minimum absolute atomic E-state index is 0.0278. The Balaban J connectivity index is 2.73. The number of rotatable bonds is 8. The van der Waals surface area contributed by atoms with Gasteiger partial charge in [-0.05, 0) is 32.0 Å². The molecule has 0 heterocycles. The van der Waals surface area contributed by atoms with Crippen LogP contribution in [0.2, 0.25) is 0 Å². The number of nitrogens with two attached hydrogens (primary N) is 1. The van der Waals surface area contributed by atoms with Crippen molar-refractivity contribution in [2.45, 2.75) is 32.7 Å². The lowest BCUT2D eigenvalue weighted by Gasteiger charge is -2.27. The molecule has 1 aromatic carbocycles. The van der Waals surface area contributed by atoms with Gasteiger partial charge in [0.15, 0.2) is 0 Å². The first kappa shape index (κ1) is 16.9. The zero-order valence-electron chi connectivity index (χ0n) is 12.5. The Morgan fingerprint density at radius 1 is 1.52 bits per heavy atom. The number of non-ortho nitro benzene ring substituents is 1. The zero-order valence-corrected chi connectivity index (χ0v) is 12.5. The van der Waals surface area contributed by atoms with Gasteiger partial charge in [0.1, 0.15) is 5.75 Å². The van der Waals surface area contributed by atoms with E-state index in [2.05, 4.69) is 5.32 Å². The average Bonchev–Trinajstić information content (AvgIpc) is 2.40. The minimum Gasteiger partial charge on any atom is -0.493 e. The molecule has 0 aliphatic rings. The lowest BCUT2D eigenvalue weighted by Crippen LogP contribution is -2.53. The van der Waals surface area contributed by atoms with Gasteiger partial charge in [-0.2, -0.15) is 0 Å². The molecule has 0 aliphatic carbocycles. The number of hydrogen-bond donors (Lipinski definition) is 2. The highest BCUT2D eigenvalue weighted by atomic mass is 16.6. The summed E-state index contributed by atoms with van der Waals surface area (Å²) in [5.41, 5.74) is 5.29. The first-order chi connectivity index (χ1) is 9.80. The van der Waals surface area contributed by atoms with Crippen molar-refractivity contribution < 1.29 is 14.5 Å². The molecule has 7 nitrogen and oxygen atoms in total. The van der Waals surface area contributed by atoms with E-state index >= 15 is 0 Å². The van der Waals surface area contributed by atoms with Crippen molar-refractivity contribution in [2.75, 3.05) is 13.2 Å². The van der Waals surface area contributed by atoms with Gasteiger partial charge in [-0.15, -0.1) is 0 Å². The van der Waals surface area contributed by atoms with Crippen LogP contribution in [0.15, 0.2) is 18.2 Å². The summed E-state index contributed by atoms with van der Waals surface area (Å²) in [6, 6.07) is 4.43. The molecule has 0 saturated heterocycles. The molecule has 7 heteroatoms. The minimum atomic E-state index is -0.858. The van der Waals surface area contributed by atoms with E-state index in [9.17, 15) is 14.9 Å². The normalized spacial score (nSPS) is 13.5. The van der Waals surface area contributed by atoms with Gasteiger partial charge < -0.3 is 15.8 Å². The molecule has 1 atom stereocenters. The highest BCUT2D eigenvalue weighted by molar-refractivity contribution is 5.84. The van der Waals surface area contributed by atoms with Crippen LogP contribution in [0, 0.1) is 17.0 Å². The molecule has 1 amide bonds. The van der Waals surface area contributed by atoms with Crippen LogP contribution in [0.4, 0.5) is 5.69 Å². The molecule has 0 bridgehead atoms. The summed E-state index contributed by atoms with van der Waals surface area (Å²) < 4.78 is 5.57. The first-order valence-corrected chi connectivity index (χ1v) is 6.73. The molecule has 0 fully saturated rings. The third-order valence-corrected chi connectivity index (χ3v) is 3.35. The summed E-state index contributed by atoms with van der Waals surface area (Å²) >= 11 is 0. The monoisotopic (exact) mass is 295 g/mol. The van der Waals surface area contributed by atoms with Crippen LogP contribution >= 0.6 is 0 Å². The number of nitro groups is 1. The van der Waals surface area contributed by atoms with Gasteiger partial charge in [0, 0.05) is 12.5 Å². The standard InChI is InChI=1S/C14H21N3O4/c1-4-16-14(3,13(15)18)7-8-21-12-9-11(17(19)20)6-5-10(12)2/h5-6,9,16H,4,7-8H2,1-3H3,(H2,15,18). The molecule has 0 aromatic heterocycles. The van der Waals surface area contributed by atoms with Crippen LogP contribution in [0.1, 0.15) is 25.8 Å². The summed E-state index contributed by atoms with van der Waals surface area (Å²) in [4.78, 5) is 21.8. The van der Waals surface area contributed by atoms with Crippen molar-refractivity contribution in [1.82, 2.24) is 5.32 Å². The number of benzene rings is 1. The maximum absolute atomic E-state index is 11.5. The quantitative estimate of drug-likeness (QED) is 0.558. The van der Waals surface area contributed by atoms with E-state index in [1.165, 1.54) is 12.1 Å². The molecule has 1 unspecified atom stereocenters. The number of carbonyl (C=O) groups is 1. The summed E-state index contributed by atoms with van der Waals surface area (Å²) in [5.74, 6) is -0.0174. The predicted molar refractivity (Wildman–Crippen MR) is 79.2 cm³/mol. The molecule has 1 rings (SSSR count). The Morgan fingerprint density at radius 3 is 2.71 bits per heavy atom. The Bertz CT molecular complexity index is 533. The maximum Gasteiger partial charge on any atom is 0.273 e. The summed E-state index contributed by atoms with van der Waals surface area (Å²) in [6.45, 7) is 6.23. The van der Waals surface area contributed by atoms with Gasteiger partial charge in [0.2, 0.25) is 5.91 Å². The lowest BCUT2D eigenvalue weighted by molar-refractivity contribution is -0.384. The molecule has 0 saturated carbocycles. The number of nitro benzene ring substituents is 1. The van der Waals surface area contributed by atoms with Crippen molar-refractivity contribution in [3.8, 4) is 5.75 Å². The number of ether oxygens (including phenoxy) is 1. The van der Waals surface area contributed by atoms with Crippen molar-refractivity contribution in [3.05, 3.63) is 33.9 Å². The van der Waals surface area contributed by atoms with Gasteiger partial charge in [-0.25, -0.2) is 0 Å². The molecule has 116 valence electrons. The van der Waals surface area contributed by atoms with Gasteiger partial charge in [0.05, 0.1) is 23.1 Å². The molecule has 3 N–H and O–H groups in total.